The minimum Gasteiger partial charge on any atom is -0.508 e. The zero-order chi connectivity index (χ0) is 14.0. The van der Waals surface area contributed by atoms with Crippen LogP contribution in [0.1, 0.15) is 17.4 Å². The second kappa shape index (κ2) is 5.55. The SMILES string of the molecule is CCn1cc(Cl)cc1C(=O)Nc1ccc(O)cc1Cl. The van der Waals surface area contributed by atoms with E-state index in [0.717, 1.165) is 0 Å². The van der Waals surface area contributed by atoms with E-state index in [1.807, 2.05) is 6.92 Å². The van der Waals surface area contributed by atoms with Gasteiger partial charge in [0.25, 0.3) is 5.91 Å². The van der Waals surface area contributed by atoms with Crippen LogP contribution in [0.3, 0.4) is 0 Å². The lowest BCUT2D eigenvalue weighted by Gasteiger charge is -2.09. The van der Waals surface area contributed by atoms with Gasteiger partial charge in [0.05, 0.1) is 15.7 Å². The molecule has 0 atom stereocenters. The van der Waals surface area contributed by atoms with Gasteiger partial charge in [0.2, 0.25) is 0 Å². The van der Waals surface area contributed by atoms with Crippen molar-refractivity contribution in [3.05, 3.63) is 46.2 Å². The van der Waals surface area contributed by atoms with Crippen molar-refractivity contribution in [3.63, 3.8) is 0 Å². The van der Waals surface area contributed by atoms with Gasteiger partial charge in [-0.1, -0.05) is 23.2 Å². The van der Waals surface area contributed by atoms with Gasteiger partial charge in [0, 0.05) is 18.8 Å². The molecule has 0 aliphatic carbocycles. The zero-order valence-corrected chi connectivity index (χ0v) is 11.7. The minimum absolute atomic E-state index is 0.0444. The molecule has 1 aromatic carbocycles. The molecular weight excluding hydrogens is 287 g/mol. The Kier molecular flexibility index (Phi) is 4.02. The summed E-state index contributed by atoms with van der Waals surface area (Å²) >= 11 is 11.8. The van der Waals surface area contributed by atoms with Gasteiger partial charge in [-0.25, -0.2) is 0 Å². The number of anilines is 1. The van der Waals surface area contributed by atoms with Crippen LogP contribution in [-0.4, -0.2) is 15.6 Å². The van der Waals surface area contributed by atoms with Crippen LogP contribution in [0.25, 0.3) is 0 Å². The van der Waals surface area contributed by atoms with Gasteiger partial charge in [0.1, 0.15) is 11.4 Å². The molecule has 0 aliphatic rings. The van der Waals surface area contributed by atoms with Crippen molar-refractivity contribution in [1.82, 2.24) is 4.57 Å². The number of carbonyl (C=O) groups excluding carboxylic acids is 1. The summed E-state index contributed by atoms with van der Waals surface area (Å²) < 4.78 is 1.74. The van der Waals surface area contributed by atoms with Crippen LogP contribution in [0.2, 0.25) is 10.0 Å². The number of aromatic hydroxyl groups is 1. The third kappa shape index (κ3) is 3.03. The van der Waals surface area contributed by atoms with E-state index in [2.05, 4.69) is 5.32 Å². The smallest absolute Gasteiger partial charge is 0.272 e. The van der Waals surface area contributed by atoms with Gasteiger partial charge in [-0.15, -0.1) is 0 Å². The highest BCUT2D eigenvalue weighted by molar-refractivity contribution is 6.34. The van der Waals surface area contributed by atoms with Crippen molar-refractivity contribution >= 4 is 34.8 Å². The highest BCUT2D eigenvalue weighted by Crippen LogP contribution is 2.26. The van der Waals surface area contributed by atoms with Crippen molar-refractivity contribution in [3.8, 4) is 5.75 Å². The van der Waals surface area contributed by atoms with Crippen molar-refractivity contribution in [2.75, 3.05) is 5.32 Å². The fourth-order valence-corrected chi connectivity index (χ4v) is 2.16. The van der Waals surface area contributed by atoms with Crippen LogP contribution >= 0.6 is 23.2 Å². The molecule has 0 spiro atoms. The molecule has 0 saturated heterocycles. The molecule has 2 aromatic rings. The van der Waals surface area contributed by atoms with Crippen LogP contribution in [0.15, 0.2) is 30.5 Å². The highest BCUT2D eigenvalue weighted by Gasteiger charge is 2.14. The summed E-state index contributed by atoms with van der Waals surface area (Å²) in [5.74, 6) is -0.260. The fraction of sp³-hybridized carbons (Fsp3) is 0.154. The summed E-state index contributed by atoms with van der Waals surface area (Å²) in [6.45, 7) is 2.55. The molecule has 0 unspecified atom stereocenters. The summed E-state index contributed by atoms with van der Waals surface area (Å²) in [7, 11) is 0. The summed E-state index contributed by atoms with van der Waals surface area (Å²) in [6, 6.07) is 5.95. The summed E-state index contributed by atoms with van der Waals surface area (Å²) in [5.41, 5.74) is 0.890. The molecule has 1 amide bonds. The molecule has 1 heterocycles. The molecule has 0 saturated carbocycles. The van der Waals surface area contributed by atoms with Crippen LogP contribution in [0.5, 0.6) is 5.75 Å². The Morgan fingerprint density at radius 3 is 2.74 bits per heavy atom. The third-order valence-electron chi connectivity index (χ3n) is 2.64. The number of nitrogens with one attached hydrogen (secondary N) is 1. The third-order valence-corrected chi connectivity index (χ3v) is 3.16. The number of nitrogens with zero attached hydrogens (tertiary/aromatic N) is 1. The van der Waals surface area contributed by atoms with Crippen LogP contribution in [0.4, 0.5) is 5.69 Å². The Morgan fingerprint density at radius 2 is 2.11 bits per heavy atom. The average Bonchev–Trinajstić information content (AvgIpc) is 2.74. The number of aromatic nitrogens is 1. The van der Waals surface area contributed by atoms with E-state index >= 15 is 0 Å². The van der Waals surface area contributed by atoms with E-state index in [0.29, 0.717) is 22.9 Å². The molecule has 19 heavy (non-hydrogen) atoms. The van der Waals surface area contributed by atoms with Crippen molar-refractivity contribution in [1.29, 1.82) is 0 Å². The van der Waals surface area contributed by atoms with E-state index < -0.39 is 0 Å². The quantitative estimate of drug-likeness (QED) is 0.848. The maximum absolute atomic E-state index is 12.1. The first-order chi connectivity index (χ1) is 9.01. The van der Waals surface area contributed by atoms with Gasteiger partial charge in [-0.3, -0.25) is 4.79 Å². The van der Waals surface area contributed by atoms with Crippen LogP contribution in [-0.2, 0) is 6.54 Å². The fourth-order valence-electron chi connectivity index (χ4n) is 1.72. The summed E-state index contributed by atoms with van der Waals surface area (Å²) in [6.07, 6.45) is 1.69. The minimum atomic E-state index is -0.304. The Morgan fingerprint density at radius 1 is 1.37 bits per heavy atom. The number of aryl methyl sites for hydroxylation is 1. The summed E-state index contributed by atoms with van der Waals surface area (Å²) in [4.78, 5) is 12.1. The van der Waals surface area contributed by atoms with E-state index in [1.165, 1.54) is 18.2 Å². The average molecular weight is 299 g/mol. The number of phenolic OH excluding ortho intramolecular Hbond substituents is 1. The number of amides is 1. The Labute approximate surface area is 120 Å². The van der Waals surface area contributed by atoms with Crippen molar-refractivity contribution < 1.29 is 9.90 Å². The molecule has 2 N–H and O–H groups in total. The molecule has 0 radical (unpaired) electrons. The second-order valence-electron chi connectivity index (χ2n) is 3.95. The number of phenols is 1. The van der Waals surface area contributed by atoms with Crippen LogP contribution in [0, 0.1) is 0 Å². The number of halogens is 2. The van der Waals surface area contributed by atoms with E-state index in [-0.39, 0.29) is 16.7 Å². The maximum Gasteiger partial charge on any atom is 0.272 e. The first-order valence-electron chi connectivity index (χ1n) is 5.66. The first-order valence-corrected chi connectivity index (χ1v) is 6.42. The highest BCUT2D eigenvalue weighted by atomic mass is 35.5. The lowest BCUT2D eigenvalue weighted by Crippen LogP contribution is -2.16. The zero-order valence-electron chi connectivity index (χ0n) is 10.2. The van der Waals surface area contributed by atoms with E-state index in [1.54, 1.807) is 16.8 Å². The van der Waals surface area contributed by atoms with Gasteiger partial charge in [-0.2, -0.15) is 0 Å². The first kappa shape index (κ1) is 13.8. The molecule has 4 nitrogen and oxygen atoms in total. The molecule has 0 aliphatic heterocycles. The van der Waals surface area contributed by atoms with Gasteiger partial charge < -0.3 is 15.0 Å². The number of benzene rings is 1. The lowest BCUT2D eigenvalue weighted by molar-refractivity contribution is 0.101. The predicted molar refractivity (Wildman–Crippen MR) is 76.2 cm³/mol. The topological polar surface area (TPSA) is 54.3 Å². The summed E-state index contributed by atoms with van der Waals surface area (Å²) in [5, 5.41) is 12.7. The standard InChI is InChI=1S/C13H12Cl2N2O2/c1-2-17-7-8(14)5-12(17)13(19)16-11-4-3-9(18)6-10(11)15/h3-7,18H,2H2,1H3,(H,16,19). The molecule has 0 bridgehead atoms. The van der Waals surface area contributed by atoms with Crippen molar-refractivity contribution in [2.24, 2.45) is 0 Å². The number of hydrogen-bond donors (Lipinski definition) is 2. The van der Waals surface area contributed by atoms with Crippen LogP contribution < -0.4 is 5.32 Å². The molecule has 0 fully saturated rings. The van der Waals surface area contributed by atoms with Gasteiger partial charge in [0.15, 0.2) is 0 Å². The monoisotopic (exact) mass is 298 g/mol. The second-order valence-corrected chi connectivity index (χ2v) is 4.79. The number of rotatable bonds is 3. The molecule has 100 valence electrons. The number of hydrogen-bond acceptors (Lipinski definition) is 2. The molecular formula is C13H12Cl2N2O2. The maximum atomic E-state index is 12.1. The number of carbonyl (C=O) groups is 1. The van der Waals surface area contributed by atoms with E-state index in [4.69, 9.17) is 23.2 Å². The largest absolute Gasteiger partial charge is 0.508 e. The Hall–Kier alpha value is -1.65. The predicted octanol–water partition coefficient (Wildman–Crippen LogP) is 3.77. The van der Waals surface area contributed by atoms with E-state index in [9.17, 15) is 9.90 Å². The molecule has 6 heteroatoms. The van der Waals surface area contributed by atoms with Gasteiger partial charge in [-0.05, 0) is 25.1 Å². The lowest BCUT2D eigenvalue weighted by atomic mass is 10.3. The van der Waals surface area contributed by atoms with Crippen molar-refractivity contribution in [2.45, 2.75) is 13.5 Å². The normalized spacial score (nSPS) is 10.5. The molecule has 2 rings (SSSR count). The molecule has 1 aromatic heterocycles. The Bertz CT molecular complexity index is 623. The Balaban J connectivity index is 2.25. The van der Waals surface area contributed by atoms with Gasteiger partial charge >= 0.3 is 0 Å².